The van der Waals surface area contributed by atoms with E-state index >= 15 is 0 Å². The summed E-state index contributed by atoms with van der Waals surface area (Å²) < 4.78 is 13.0. The van der Waals surface area contributed by atoms with Crippen molar-refractivity contribution in [1.82, 2.24) is 0 Å². The molecule has 1 aromatic rings. The van der Waals surface area contributed by atoms with Gasteiger partial charge in [-0.25, -0.2) is 0 Å². The van der Waals surface area contributed by atoms with E-state index in [9.17, 15) is 4.39 Å². The molecule has 0 fully saturated rings. The van der Waals surface area contributed by atoms with Gasteiger partial charge < -0.3 is 0 Å². The maximum absolute atomic E-state index is 13.0. The highest BCUT2D eigenvalue weighted by molar-refractivity contribution is 6.31. The molecule has 0 aliphatic heterocycles. The van der Waals surface area contributed by atoms with Crippen molar-refractivity contribution in [2.24, 2.45) is 0 Å². The molecule has 0 amide bonds. The van der Waals surface area contributed by atoms with Crippen LogP contribution in [-0.2, 0) is 5.41 Å². The Morgan fingerprint density at radius 1 is 1.33 bits per heavy atom. The number of benzene rings is 1. The van der Waals surface area contributed by atoms with E-state index in [-0.39, 0.29) is 6.67 Å². The monoisotopic (exact) mass is 228 g/mol. The van der Waals surface area contributed by atoms with Crippen LogP contribution in [0.2, 0.25) is 5.02 Å². The summed E-state index contributed by atoms with van der Waals surface area (Å²) in [5.74, 6) is 0.319. The van der Waals surface area contributed by atoms with Gasteiger partial charge in [-0.15, -0.1) is 0 Å². The molecule has 0 saturated carbocycles. The van der Waals surface area contributed by atoms with Gasteiger partial charge in [0.25, 0.3) is 0 Å². The Bertz CT molecular complexity index is 342. The Balaban J connectivity index is 3.35. The molecule has 0 bridgehead atoms. The Labute approximate surface area is 96.5 Å². The number of hydrogen-bond acceptors (Lipinski definition) is 0. The van der Waals surface area contributed by atoms with Gasteiger partial charge in [-0.3, -0.25) is 4.39 Å². The van der Waals surface area contributed by atoms with Crippen LogP contribution in [0.5, 0.6) is 0 Å². The van der Waals surface area contributed by atoms with Gasteiger partial charge in [-0.1, -0.05) is 51.4 Å². The van der Waals surface area contributed by atoms with Gasteiger partial charge in [0.05, 0.1) is 6.67 Å². The highest BCUT2D eigenvalue weighted by atomic mass is 35.5. The molecular weight excluding hydrogens is 211 g/mol. The maximum Gasteiger partial charge on any atom is 0.0985 e. The molecule has 0 atom stereocenters. The van der Waals surface area contributed by atoms with Crippen LogP contribution >= 0.6 is 11.6 Å². The molecule has 0 N–H and O–H groups in total. The molecule has 0 aliphatic carbocycles. The third-order valence-corrected chi connectivity index (χ3v) is 3.02. The summed E-state index contributed by atoms with van der Waals surface area (Å²) in [5, 5.41) is 0.740. The molecule has 1 aromatic carbocycles. The minimum absolute atomic E-state index is 0.319. The quantitative estimate of drug-likeness (QED) is 0.703. The Kier molecular flexibility index (Phi) is 3.77. The Morgan fingerprint density at radius 2 is 1.93 bits per heavy atom. The van der Waals surface area contributed by atoms with E-state index in [1.807, 2.05) is 32.0 Å². The lowest BCUT2D eigenvalue weighted by Gasteiger charge is -2.26. The van der Waals surface area contributed by atoms with Crippen molar-refractivity contribution in [2.75, 3.05) is 6.67 Å². The van der Waals surface area contributed by atoms with Crippen LogP contribution in [0.4, 0.5) is 4.39 Å². The first kappa shape index (κ1) is 12.5. The van der Waals surface area contributed by atoms with E-state index in [2.05, 4.69) is 13.8 Å². The lowest BCUT2D eigenvalue weighted by Crippen LogP contribution is -2.22. The maximum atomic E-state index is 13.0. The average Bonchev–Trinajstić information content (AvgIpc) is 2.16. The molecular formula is C13H18ClF. The summed E-state index contributed by atoms with van der Waals surface area (Å²) in [7, 11) is 0. The van der Waals surface area contributed by atoms with Gasteiger partial charge >= 0.3 is 0 Å². The zero-order valence-electron chi connectivity index (χ0n) is 9.77. The van der Waals surface area contributed by atoms with Crippen LogP contribution in [0.25, 0.3) is 0 Å². The predicted molar refractivity (Wildman–Crippen MR) is 64.5 cm³/mol. The molecule has 15 heavy (non-hydrogen) atoms. The number of halogens is 2. The lowest BCUT2D eigenvalue weighted by molar-refractivity contribution is 0.348. The molecule has 0 spiro atoms. The standard InChI is InChI=1S/C13H18ClF/c1-9(2)12-10(13(3,4)8-15)6-5-7-11(12)14/h5-7,9H,8H2,1-4H3. The normalized spacial score (nSPS) is 12.2. The molecule has 0 aromatic heterocycles. The van der Waals surface area contributed by atoms with Crippen molar-refractivity contribution in [3.05, 3.63) is 34.3 Å². The lowest BCUT2D eigenvalue weighted by atomic mass is 9.80. The highest BCUT2D eigenvalue weighted by Gasteiger charge is 2.25. The molecule has 84 valence electrons. The fourth-order valence-corrected chi connectivity index (χ4v) is 2.18. The summed E-state index contributed by atoms with van der Waals surface area (Å²) >= 11 is 6.16. The summed E-state index contributed by atoms with van der Waals surface area (Å²) in [6.07, 6.45) is 0. The van der Waals surface area contributed by atoms with Crippen LogP contribution in [0.15, 0.2) is 18.2 Å². The van der Waals surface area contributed by atoms with Gasteiger partial charge in [-0.2, -0.15) is 0 Å². The highest BCUT2D eigenvalue weighted by Crippen LogP contribution is 2.35. The smallest absolute Gasteiger partial charge is 0.0985 e. The zero-order chi connectivity index (χ0) is 11.6. The van der Waals surface area contributed by atoms with E-state index in [4.69, 9.17) is 11.6 Å². The first-order chi connectivity index (χ1) is 6.90. The average molecular weight is 229 g/mol. The van der Waals surface area contributed by atoms with Gasteiger partial charge in [-0.05, 0) is 23.1 Å². The van der Waals surface area contributed by atoms with E-state index in [0.717, 1.165) is 16.1 Å². The van der Waals surface area contributed by atoms with Crippen LogP contribution in [0.3, 0.4) is 0 Å². The number of rotatable bonds is 3. The second-order valence-electron chi connectivity index (χ2n) is 4.87. The van der Waals surface area contributed by atoms with E-state index in [1.54, 1.807) is 0 Å². The van der Waals surface area contributed by atoms with Crippen LogP contribution < -0.4 is 0 Å². The molecule has 0 saturated heterocycles. The van der Waals surface area contributed by atoms with Crippen molar-refractivity contribution in [1.29, 1.82) is 0 Å². The second-order valence-corrected chi connectivity index (χ2v) is 5.28. The summed E-state index contributed by atoms with van der Waals surface area (Å²) in [6.45, 7) is 7.61. The first-order valence-electron chi connectivity index (χ1n) is 5.25. The van der Waals surface area contributed by atoms with Gasteiger partial charge in [0.2, 0.25) is 0 Å². The third kappa shape index (κ3) is 2.52. The SMILES string of the molecule is CC(C)c1c(Cl)cccc1C(C)(C)CF. The summed E-state index contributed by atoms with van der Waals surface area (Å²) in [6, 6.07) is 5.73. The molecule has 0 aliphatic rings. The molecule has 0 unspecified atom stereocenters. The largest absolute Gasteiger partial charge is 0.250 e. The van der Waals surface area contributed by atoms with Crippen LogP contribution in [0.1, 0.15) is 44.7 Å². The Hall–Kier alpha value is -0.560. The fraction of sp³-hybridized carbons (Fsp3) is 0.538. The van der Waals surface area contributed by atoms with Crippen LogP contribution in [-0.4, -0.2) is 6.67 Å². The second kappa shape index (κ2) is 4.52. The zero-order valence-corrected chi connectivity index (χ0v) is 10.5. The van der Waals surface area contributed by atoms with Crippen molar-refractivity contribution < 1.29 is 4.39 Å². The number of alkyl halides is 1. The summed E-state index contributed by atoms with van der Waals surface area (Å²) in [5.41, 5.74) is 1.64. The van der Waals surface area contributed by atoms with Crippen LogP contribution in [0, 0.1) is 0 Å². The van der Waals surface area contributed by atoms with E-state index < -0.39 is 5.41 Å². The molecule has 1 rings (SSSR count). The molecule has 0 heterocycles. The third-order valence-electron chi connectivity index (χ3n) is 2.69. The van der Waals surface area contributed by atoms with Crippen molar-refractivity contribution in [3.8, 4) is 0 Å². The molecule has 0 nitrogen and oxygen atoms in total. The van der Waals surface area contributed by atoms with E-state index in [0.29, 0.717) is 5.92 Å². The summed E-state index contributed by atoms with van der Waals surface area (Å²) in [4.78, 5) is 0. The molecule has 2 heteroatoms. The van der Waals surface area contributed by atoms with Crippen molar-refractivity contribution in [2.45, 2.75) is 39.0 Å². The molecule has 0 radical (unpaired) electrons. The predicted octanol–water partition coefficient (Wildman–Crippen LogP) is 4.71. The topological polar surface area (TPSA) is 0 Å². The number of hydrogen-bond donors (Lipinski definition) is 0. The van der Waals surface area contributed by atoms with E-state index in [1.165, 1.54) is 0 Å². The van der Waals surface area contributed by atoms with Gasteiger partial charge in [0, 0.05) is 10.4 Å². The van der Waals surface area contributed by atoms with Gasteiger partial charge in [0.15, 0.2) is 0 Å². The fourth-order valence-electron chi connectivity index (χ4n) is 1.79. The van der Waals surface area contributed by atoms with Crippen molar-refractivity contribution in [3.63, 3.8) is 0 Å². The first-order valence-corrected chi connectivity index (χ1v) is 5.63. The van der Waals surface area contributed by atoms with Gasteiger partial charge in [0.1, 0.15) is 0 Å². The Morgan fingerprint density at radius 3 is 2.40 bits per heavy atom. The minimum Gasteiger partial charge on any atom is -0.250 e. The van der Waals surface area contributed by atoms with Crippen molar-refractivity contribution >= 4 is 11.6 Å². The minimum atomic E-state index is -0.454.